The lowest BCUT2D eigenvalue weighted by Crippen LogP contribution is -2.43. The number of piperidine rings is 1. The number of ketones is 1. The number of aryl methyl sites for hydroxylation is 2. The van der Waals surface area contributed by atoms with E-state index in [2.05, 4.69) is 4.90 Å². The van der Waals surface area contributed by atoms with Crippen LogP contribution in [0.25, 0.3) is 0 Å². The third kappa shape index (κ3) is 6.58. The Kier molecular flexibility index (Phi) is 9.12. The summed E-state index contributed by atoms with van der Waals surface area (Å²) in [5.74, 6) is 1.15. The SMILES string of the molecule is COc1cc(C)c(S(=O)(=O)N(C)CCC(=O)CC2CCN(C(=O)CN3CCCC3)CC2)c(C)c1. The highest BCUT2D eigenvalue weighted by atomic mass is 32.2. The number of Topliss-reactive ketones (excluding diaryl/α,β-unsaturated/α-hetero) is 1. The molecule has 0 radical (unpaired) electrons. The van der Waals surface area contributed by atoms with Gasteiger partial charge in [0.25, 0.3) is 0 Å². The van der Waals surface area contributed by atoms with E-state index in [0.717, 1.165) is 25.9 Å². The zero-order valence-corrected chi connectivity index (χ0v) is 21.8. The molecule has 0 aliphatic carbocycles. The van der Waals surface area contributed by atoms with E-state index in [1.807, 2.05) is 4.90 Å². The van der Waals surface area contributed by atoms with E-state index in [0.29, 0.717) is 42.9 Å². The molecule has 1 aromatic rings. The van der Waals surface area contributed by atoms with Crippen LogP contribution in [0.1, 0.15) is 49.7 Å². The molecule has 2 heterocycles. The maximum atomic E-state index is 13.1. The van der Waals surface area contributed by atoms with Crippen molar-refractivity contribution in [3.63, 3.8) is 0 Å². The molecule has 1 aromatic carbocycles. The lowest BCUT2D eigenvalue weighted by atomic mass is 9.91. The van der Waals surface area contributed by atoms with Gasteiger partial charge >= 0.3 is 0 Å². The van der Waals surface area contributed by atoms with Crippen LogP contribution in [0.4, 0.5) is 0 Å². The summed E-state index contributed by atoms with van der Waals surface area (Å²) in [6.45, 7) is 7.60. The molecule has 2 aliphatic rings. The number of benzene rings is 1. The standard InChI is InChI=1S/C25H39N3O5S/c1-19-15-23(33-4)16-20(2)25(19)34(31,32)26(3)12-9-22(29)17-21-7-13-28(14-8-21)24(30)18-27-10-5-6-11-27/h15-16,21H,5-14,17-18H2,1-4H3. The molecule has 2 fully saturated rings. The van der Waals surface area contributed by atoms with Crippen molar-refractivity contribution in [2.75, 3.05) is 53.4 Å². The fourth-order valence-electron chi connectivity index (χ4n) is 5.04. The third-order valence-electron chi connectivity index (χ3n) is 7.08. The van der Waals surface area contributed by atoms with Crippen LogP contribution in [0.3, 0.4) is 0 Å². The minimum atomic E-state index is -3.70. The van der Waals surface area contributed by atoms with E-state index in [4.69, 9.17) is 4.74 Å². The number of hydrogen-bond donors (Lipinski definition) is 0. The molecule has 0 saturated carbocycles. The maximum absolute atomic E-state index is 13.1. The number of sulfonamides is 1. The number of rotatable bonds is 10. The molecule has 34 heavy (non-hydrogen) atoms. The van der Waals surface area contributed by atoms with Crippen molar-refractivity contribution in [3.8, 4) is 5.75 Å². The van der Waals surface area contributed by atoms with Crippen LogP contribution in [0, 0.1) is 19.8 Å². The molecule has 0 unspecified atom stereocenters. The second-order valence-electron chi connectivity index (χ2n) is 9.72. The second kappa shape index (κ2) is 11.6. The number of ether oxygens (including phenoxy) is 1. The molecule has 2 aliphatic heterocycles. The van der Waals surface area contributed by atoms with Crippen molar-refractivity contribution >= 4 is 21.7 Å². The van der Waals surface area contributed by atoms with Gasteiger partial charge in [0.2, 0.25) is 15.9 Å². The van der Waals surface area contributed by atoms with Gasteiger partial charge in [-0.3, -0.25) is 14.5 Å². The molecule has 0 bridgehead atoms. The molecule has 0 atom stereocenters. The van der Waals surface area contributed by atoms with E-state index in [-0.39, 0.29) is 35.5 Å². The first-order valence-electron chi connectivity index (χ1n) is 12.2. The summed E-state index contributed by atoms with van der Waals surface area (Å²) in [5, 5.41) is 0. The van der Waals surface area contributed by atoms with Gasteiger partial charge in [-0.1, -0.05) is 0 Å². The average Bonchev–Trinajstić information content (AvgIpc) is 3.30. The lowest BCUT2D eigenvalue weighted by Gasteiger charge is -2.33. The highest BCUT2D eigenvalue weighted by Crippen LogP contribution is 2.28. The van der Waals surface area contributed by atoms with E-state index >= 15 is 0 Å². The highest BCUT2D eigenvalue weighted by molar-refractivity contribution is 7.89. The number of carbonyl (C=O) groups excluding carboxylic acids is 2. The van der Waals surface area contributed by atoms with Crippen LogP contribution in [-0.4, -0.2) is 87.6 Å². The van der Waals surface area contributed by atoms with Crippen molar-refractivity contribution in [2.45, 2.75) is 57.3 Å². The van der Waals surface area contributed by atoms with Crippen molar-refractivity contribution in [1.82, 2.24) is 14.1 Å². The van der Waals surface area contributed by atoms with Gasteiger partial charge in [-0.05, 0) is 81.8 Å². The van der Waals surface area contributed by atoms with E-state index in [1.54, 1.807) is 33.1 Å². The topological polar surface area (TPSA) is 87.2 Å². The first-order valence-corrected chi connectivity index (χ1v) is 13.7. The van der Waals surface area contributed by atoms with Crippen LogP contribution < -0.4 is 4.74 Å². The smallest absolute Gasteiger partial charge is 0.243 e. The van der Waals surface area contributed by atoms with Crippen molar-refractivity contribution < 1.29 is 22.7 Å². The number of amides is 1. The van der Waals surface area contributed by atoms with Crippen LogP contribution in [0.15, 0.2) is 17.0 Å². The van der Waals surface area contributed by atoms with Gasteiger partial charge in [0.15, 0.2) is 0 Å². The Hall–Kier alpha value is -1.97. The molecule has 9 heteroatoms. The second-order valence-corrected chi connectivity index (χ2v) is 11.7. The Bertz CT molecular complexity index is 957. The van der Waals surface area contributed by atoms with Crippen LogP contribution in [-0.2, 0) is 19.6 Å². The fourth-order valence-corrected chi connectivity index (χ4v) is 6.61. The van der Waals surface area contributed by atoms with E-state index in [1.165, 1.54) is 24.2 Å². The van der Waals surface area contributed by atoms with Gasteiger partial charge in [0, 0.05) is 39.5 Å². The molecule has 2 saturated heterocycles. The van der Waals surface area contributed by atoms with Gasteiger partial charge in [0.1, 0.15) is 11.5 Å². The summed E-state index contributed by atoms with van der Waals surface area (Å²) in [6.07, 6.45) is 4.65. The van der Waals surface area contributed by atoms with Crippen LogP contribution in [0.2, 0.25) is 0 Å². The summed E-state index contributed by atoms with van der Waals surface area (Å²) >= 11 is 0. The lowest BCUT2D eigenvalue weighted by molar-refractivity contribution is -0.133. The Morgan fingerprint density at radius 3 is 2.21 bits per heavy atom. The molecule has 0 spiro atoms. The average molecular weight is 494 g/mol. The van der Waals surface area contributed by atoms with E-state index in [9.17, 15) is 18.0 Å². The predicted octanol–water partition coefficient (Wildman–Crippen LogP) is 2.62. The van der Waals surface area contributed by atoms with Crippen molar-refractivity contribution in [1.29, 1.82) is 0 Å². The van der Waals surface area contributed by atoms with Gasteiger partial charge in [0.05, 0.1) is 18.6 Å². The summed E-state index contributed by atoms with van der Waals surface area (Å²) in [4.78, 5) is 29.5. The number of hydrogen-bond acceptors (Lipinski definition) is 6. The summed E-state index contributed by atoms with van der Waals surface area (Å²) in [7, 11) is -0.628. The van der Waals surface area contributed by atoms with Gasteiger partial charge < -0.3 is 9.64 Å². The molecule has 0 aromatic heterocycles. The fraction of sp³-hybridized carbons (Fsp3) is 0.680. The zero-order chi connectivity index (χ0) is 24.9. The Labute approximate surface area is 204 Å². The Balaban J connectivity index is 1.45. The summed E-state index contributed by atoms with van der Waals surface area (Å²) in [6, 6.07) is 3.42. The Morgan fingerprint density at radius 2 is 1.65 bits per heavy atom. The molecule has 1 amide bonds. The first-order chi connectivity index (χ1) is 16.1. The largest absolute Gasteiger partial charge is 0.497 e. The molecule has 8 nitrogen and oxygen atoms in total. The minimum absolute atomic E-state index is 0.0760. The number of likely N-dealkylation sites (tertiary alicyclic amines) is 2. The normalized spacial score (nSPS) is 18.0. The number of nitrogens with zero attached hydrogens (tertiary/aromatic N) is 3. The maximum Gasteiger partial charge on any atom is 0.243 e. The summed E-state index contributed by atoms with van der Waals surface area (Å²) < 4.78 is 32.8. The van der Waals surface area contributed by atoms with E-state index < -0.39 is 10.0 Å². The first kappa shape index (κ1) is 26.6. The molecule has 3 rings (SSSR count). The van der Waals surface area contributed by atoms with Gasteiger partial charge in [-0.2, -0.15) is 0 Å². The third-order valence-corrected chi connectivity index (χ3v) is 9.25. The Morgan fingerprint density at radius 1 is 1.06 bits per heavy atom. The number of methoxy groups -OCH3 is 1. The van der Waals surface area contributed by atoms with Crippen LogP contribution in [0.5, 0.6) is 5.75 Å². The van der Waals surface area contributed by atoms with Crippen molar-refractivity contribution in [2.24, 2.45) is 5.92 Å². The molecule has 0 N–H and O–H groups in total. The quantitative estimate of drug-likeness (QED) is 0.498. The summed E-state index contributed by atoms with van der Waals surface area (Å²) in [5.41, 5.74) is 1.25. The molecule has 190 valence electrons. The number of carbonyl (C=O) groups is 2. The molecular formula is C25H39N3O5S. The van der Waals surface area contributed by atoms with Gasteiger partial charge in [-0.25, -0.2) is 12.7 Å². The minimum Gasteiger partial charge on any atom is -0.497 e. The monoisotopic (exact) mass is 493 g/mol. The predicted molar refractivity (Wildman–Crippen MR) is 132 cm³/mol. The zero-order valence-electron chi connectivity index (χ0n) is 21.0. The van der Waals surface area contributed by atoms with Gasteiger partial charge in [-0.15, -0.1) is 0 Å². The van der Waals surface area contributed by atoms with Crippen LogP contribution >= 0.6 is 0 Å². The molecular weight excluding hydrogens is 454 g/mol. The van der Waals surface area contributed by atoms with Crippen molar-refractivity contribution in [3.05, 3.63) is 23.3 Å². The highest BCUT2D eigenvalue weighted by Gasteiger charge is 2.28.